The Bertz CT molecular complexity index is 679. The molecule has 0 saturated carbocycles. The predicted molar refractivity (Wildman–Crippen MR) is 90.4 cm³/mol. The molecule has 0 saturated heterocycles. The highest BCUT2D eigenvalue weighted by Gasteiger charge is 2.35. The second-order valence-corrected chi connectivity index (χ2v) is 8.11. The van der Waals surface area contributed by atoms with Crippen molar-refractivity contribution in [2.24, 2.45) is 0 Å². The molecular weight excluding hydrogens is 296 g/mol. The van der Waals surface area contributed by atoms with Gasteiger partial charge in [0, 0.05) is 35.2 Å². The molecule has 1 heterocycles. The van der Waals surface area contributed by atoms with Gasteiger partial charge in [-0.3, -0.25) is 9.59 Å². The number of nitrogens with one attached hydrogen (secondary N) is 1. The van der Waals surface area contributed by atoms with Crippen LogP contribution in [0.2, 0.25) is 0 Å². The van der Waals surface area contributed by atoms with Crippen molar-refractivity contribution >= 4 is 34.8 Å². The molecule has 1 aromatic rings. The van der Waals surface area contributed by atoms with Gasteiger partial charge < -0.3 is 10.2 Å². The number of carbonyl (C=O) groups is 2. The number of hydrogen-bond acceptors (Lipinski definition) is 4. The number of benzene rings is 1. The summed E-state index contributed by atoms with van der Waals surface area (Å²) in [6.45, 7) is 6.66. The molecule has 5 heteroatoms. The van der Waals surface area contributed by atoms with Gasteiger partial charge in [0.15, 0.2) is 5.78 Å². The minimum absolute atomic E-state index is 0.0340. The minimum atomic E-state index is -0.0912. The molecule has 4 nitrogen and oxygen atoms in total. The van der Waals surface area contributed by atoms with Crippen molar-refractivity contribution in [1.82, 2.24) is 0 Å². The lowest BCUT2D eigenvalue weighted by molar-refractivity contribution is -0.115. The van der Waals surface area contributed by atoms with Crippen LogP contribution in [0.5, 0.6) is 0 Å². The van der Waals surface area contributed by atoms with Gasteiger partial charge >= 0.3 is 0 Å². The maximum absolute atomic E-state index is 12.2. The number of thioether (sulfide) groups is 1. The molecule has 0 aromatic heterocycles. The van der Waals surface area contributed by atoms with Crippen molar-refractivity contribution in [1.29, 1.82) is 0 Å². The topological polar surface area (TPSA) is 49.4 Å². The predicted octanol–water partition coefficient (Wildman–Crippen LogP) is 3.58. The molecule has 1 aromatic carbocycles. The molecule has 0 atom stereocenters. The molecule has 0 spiro atoms. The first-order valence-corrected chi connectivity index (χ1v) is 8.29. The molecule has 1 N–H and O–H groups in total. The monoisotopic (exact) mass is 316 g/mol. The molecule has 0 bridgehead atoms. The van der Waals surface area contributed by atoms with Crippen molar-refractivity contribution in [2.75, 3.05) is 16.8 Å². The Morgan fingerprint density at radius 3 is 2.77 bits per heavy atom. The number of Topliss-reactive ketones (excluding diaryl/α,β-unsaturated/α-hetero) is 1. The van der Waals surface area contributed by atoms with Crippen LogP contribution < -0.4 is 10.2 Å². The summed E-state index contributed by atoms with van der Waals surface area (Å²) in [4.78, 5) is 26.7. The highest BCUT2D eigenvalue weighted by Crippen LogP contribution is 2.47. The molecule has 22 heavy (non-hydrogen) atoms. The van der Waals surface area contributed by atoms with Gasteiger partial charge in [-0.25, -0.2) is 0 Å². The fourth-order valence-corrected chi connectivity index (χ4v) is 4.15. The molecule has 2 aliphatic rings. The van der Waals surface area contributed by atoms with Crippen LogP contribution in [0.25, 0.3) is 0 Å². The van der Waals surface area contributed by atoms with Gasteiger partial charge in [0.25, 0.3) is 0 Å². The van der Waals surface area contributed by atoms with Crippen molar-refractivity contribution < 1.29 is 9.59 Å². The Balaban J connectivity index is 2.04. The van der Waals surface area contributed by atoms with Crippen LogP contribution in [-0.2, 0) is 9.59 Å². The molecule has 1 aliphatic carbocycles. The first-order valence-electron chi connectivity index (χ1n) is 7.47. The van der Waals surface area contributed by atoms with Gasteiger partial charge in [0.05, 0.1) is 11.4 Å². The van der Waals surface area contributed by atoms with Crippen molar-refractivity contribution in [3.05, 3.63) is 30.0 Å². The van der Waals surface area contributed by atoms with E-state index in [2.05, 4.69) is 24.1 Å². The SMILES string of the molecule is CC(=O)Nc1ccc2c(c1)N(C1=CCCC1=O)CC(C)(C)S2. The van der Waals surface area contributed by atoms with Gasteiger partial charge in [-0.15, -0.1) is 11.8 Å². The first-order chi connectivity index (χ1) is 10.4. The van der Waals surface area contributed by atoms with E-state index in [4.69, 9.17) is 0 Å². The van der Waals surface area contributed by atoms with E-state index < -0.39 is 0 Å². The molecular formula is C17H20N2O2S. The van der Waals surface area contributed by atoms with Gasteiger partial charge in [0.1, 0.15) is 0 Å². The van der Waals surface area contributed by atoms with Crippen LogP contribution in [-0.4, -0.2) is 23.0 Å². The summed E-state index contributed by atoms with van der Waals surface area (Å²) in [5, 5.41) is 2.82. The summed E-state index contributed by atoms with van der Waals surface area (Å²) in [7, 11) is 0. The van der Waals surface area contributed by atoms with Crippen LogP contribution in [0.4, 0.5) is 11.4 Å². The third kappa shape index (κ3) is 2.90. The average Bonchev–Trinajstić information content (AvgIpc) is 2.83. The first kappa shape index (κ1) is 15.2. The van der Waals surface area contributed by atoms with E-state index in [9.17, 15) is 9.59 Å². The number of allylic oxidation sites excluding steroid dienone is 2. The zero-order chi connectivity index (χ0) is 15.9. The number of fused-ring (bicyclic) bond motifs is 1. The zero-order valence-corrected chi connectivity index (χ0v) is 13.9. The molecule has 3 rings (SSSR count). The molecule has 0 fully saturated rings. The van der Waals surface area contributed by atoms with E-state index in [1.807, 2.05) is 36.0 Å². The highest BCUT2D eigenvalue weighted by atomic mass is 32.2. The number of nitrogens with zero attached hydrogens (tertiary/aromatic N) is 1. The fourth-order valence-electron chi connectivity index (χ4n) is 2.95. The molecule has 0 unspecified atom stereocenters. The van der Waals surface area contributed by atoms with Gasteiger partial charge in [-0.1, -0.05) is 6.08 Å². The number of rotatable bonds is 2. The van der Waals surface area contributed by atoms with Crippen LogP contribution >= 0.6 is 11.8 Å². The summed E-state index contributed by atoms with van der Waals surface area (Å²) < 4.78 is 0.0340. The van der Waals surface area contributed by atoms with Crippen LogP contribution in [0.15, 0.2) is 34.9 Å². The minimum Gasteiger partial charge on any atom is -0.336 e. The van der Waals surface area contributed by atoms with Gasteiger partial charge in [-0.2, -0.15) is 0 Å². The maximum Gasteiger partial charge on any atom is 0.221 e. The number of ketones is 1. The lowest BCUT2D eigenvalue weighted by atomic mass is 10.1. The summed E-state index contributed by atoms with van der Waals surface area (Å²) in [6.07, 6.45) is 3.45. The Labute approximate surface area is 135 Å². The number of anilines is 2. The summed E-state index contributed by atoms with van der Waals surface area (Å²) in [5.41, 5.74) is 2.58. The van der Waals surface area contributed by atoms with Crippen molar-refractivity contribution in [3.8, 4) is 0 Å². The molecule has 116 valence electrons. The Hall–Kier alpha value is -1.75. The highest BCUT2D eigenvalue weighted by molar-refractivity contribution is 8.00. The summed E-state index contributed by atoms with van der Waals surface area (Å²) in [5.74, 6) is 0.116. The second kappa shape index (κ2) is 5.47. The fraction of sp³-hybridized carbons (Fsp3) is 0.412. The zero-order valence-electron chi connectivity index (χ0n) is 13.1. The number of hydrogen-bond donors (Lipinski definition) is 1. The number of carbonyl (C=O) groups excluding carboxylic acids is 2. The van der Waals surface area contributed by atoms with Crippen LogP contribution in [0.3, 0.4) is 0 Å². The van der Waals surface area contributed by atoms with Gasteiger partial charge in [-0.05, 0) is 38.5 Å². The standard InChI is InChI=1S/C17H20N2O2S/c1-11(20)18-12-7-8-16-14(9-12)19(10-17(2,3)22-16)13-5-4-6-15(13)21/h5,7-9H,4,6,10H2,1-3H3,(H,18,20). The van der Waals surface area contributed by atoms with E-state index in [1.54, 1.807) is 0 Å². The van der Waals surface area contributed by atoms with Crippen molar-refractivity contribution in [2.45, 2.75) is 43.3 Å². The molecule has 1 aliphatic heterocycles. The Morgan fingerprint density at radius 1 is 1.36 bits per heavy atom. The Morgan fingerprint density at radius 2 is 2.14 bits per heavy atom. The number of amides is 1. The molecule has 0 radical (unpaired) electrons. The summed E-state index contributed by atoms with van der Waals surface area (Å²) in [6, 6.07) is 5.91. The average molecular weight is 316 g/mol. The largest absolute Gasteiger partial charge is 0.336 e. The van der Waals surface area contributed by atoms with E-state index in [1.165, 1.54) is 6.92 Å². The second-order valence-electron chi connectivity index (χ2n) is 6.36. The molecule has 1 amide bonds. The normalized spacial score (nSPS) is 19.7. The van der Waals surface area contributed by atoms with Crippen LogP contribution in [0.1, 0.15) is 33.6 Å². The van der Waals surface area contributed by atoms with E-state index in [-0.39, 0.29) is 16.4 Å². The van der Waals surface area contributed by atoms with E-state index >= 15 is 0 Å². The summed E-state index contributed by atoms with van der Waals surface area (Å²) >= 11 is 1.81. The van der Waals surface area contributed by atoms with Crippen molar-refractivity contribution in [3.63, 3.8) is 0 Å². The van der Waals surface area contributed by atoms with E-state index in [0.717, 1.165) is 34.9 Å². The third-order valence-corrected chi connectivity index (χ3v) is 5.03. The third-order valence-electron chi connectivity index (χ3n) is 3.78. The lowest BCUT2D eigenvalue weighted by Gasteiger charge is -2.40. The van der Waals surface area contributed by atoms with Gasteiger partial charge in [0.2, 0.25) is 5.91 Å². The quantitative estimate of drug-likeness (QED) is 0.906. The lowest BCUT2D eigenvalue weighted by Crippen LogP contribution is -2.40. The maximum atomic E-state index is 12.2. The Kier molecular flexibility index (Phi) is 3.77. The smallest absolute Gasteiger partial charge is 0.221 e. The van der Waals surface area contributed by atoms with Crippen LogP contribution in [0, 0.1) is 0 Å². The van der Waals surface area contributed by atoms with E-state index in [0.29, 0.717) is 6.42 Å².